The van der Waals surface area contributed by atoms with E-state index in [0.717, 1.165) is 17.0 Å². The number of benzene rings is 1. The van der Waals surface area contributed by atoms with Gasteiger partial charge in [0.15, 0.2) is 5.16 Å². The Morgan fingerprint density at radius 3 is 2.76 bits per heavy atom. The van der Waals surface area contributed by atoms with Crippen LogP contribution in [0.25, 0.3) is 10.9 Å². The Balaban J connectivity index is 2.04. The molecule has 8 heteroatoms. The Morgan fingerprint density at radius 1 is 1.32 bits per heavy atom. The van der Waals surface area contributed by atoms with E-state index >= 15 is 0 Å². The summed E-state index contributed by atoms with van der Waals surface area (Å²) >= 11 is 1.36. The highest BCUT2D eigenvalue weighted by atomic mass is 32.2. The summed E-state index contributed by atoms with van der Waals surface area (Å²) < 4.78 is 11.2. The van der Waals surface area contributed by atoms with Gasteiger partial charge in [-0.2, -0.15) is 0 Å². The predicted molar refractivity (Wildman–Crippen MR) is 93.6 cm³/mol. The minimum Gasteiger partial charge on any atom is -0.468 e. The van der Waals surface area contributed by atoms with Gasteiger partial charge in [0.1, 0.15) is 12.3 Å². The highest BCUT2D eigenvalue weighted by Gasteiger charge is 2.16. The summed E-state index contributed by atoms with van der Waals surface area (Å²) in [6.07, 6.45) is 0. The van der Waals surface area contributed by atoms with Crippen LogP contribution in [0.15, 0.2) is 38.7 Å². The first-order valence-electron chi connectivity index (χ1n) is 7.62. The number of thioether (sulfide) groups is 1. The van der Waals surface area contributed by atoms with Crippen LogP contribution in [0.3, 0.4) is 0 Å². The lowest BCUT2D eigenvalue weighted by molar-refractivity contribution is -0.141. The Bertz CT molecular complexity index is 974. The van der Waals surface area contributed by atoms with Crippen LogP contribution in [-0.4, -0.2) is 27.8 Å². The monoisotopic (exact) mass is 359 g/mol. The smallest absolute Gasteiger partial charge is 0.325 e. The zero-order valence-corrected chi connectivity index (χ0v) is 14.9. The number of carbonyl (C=O) groups is 1. The first-order chi connectivity index (χ1) is 12.0. The molecule has 0 saturated heterocycles. The van der Waals surface area contributed by atoms with Crippen LogP contribution in [0.2, 0.25) is 0 Å². The molecule has 0 aliphatic rings. The van der Waals surface area contributed by atoms with Gasteiger partial charge in [0.25, 0.3) is 5.56 Å². The summed E-state index contributed by atoms with van der Waals surface area (Å²) in [5.41, 5.74) is 2.08. The second kappa shape index (κ2) is 7.10. The molecule has 0 aliphatic heterocycles. The maximum absolute atomic E-state index is 12.8. The van der Waals surface area contributed by atoms with E-state index in [9.17, 15) is 9.59 Å². The summed E-state index contributed by atoms with van der Waals surface area (Å²) in [6.45, 7) is 3.52. The van der Waals surface area contributed by atoms with Crippen LogP contribution >= 0.6 is 11.8 Å². The molecule has 0 bridgehead atoms. The van der Waals surface area contributed by atoms with Crippen LogP contribution in [0.5, 0.6) is 0 Å². The minimum absolute atomic E-state index is 0.183. The van der Waals surface area contributed by atoms with E-state index in [1.54, 1.807) is 18.2 Å². The molecular weight excluding hydrogens is 342 g/mol. The molecular formula is C17H17N3O4S. The molecule has 0 amide bonds. The molecule has 0 spiro atoms. The lowest BCUT2D eigenvalue weighted by Gasteiger charge is -2.12. The van der Waals surface area contributed by atoms with Gasteiger partial charge in [-0.15, -0.1) is 0 Å². The van der Waals surface area contributed by atoms with Crippen LogP contribution in [0.1, 0.15) is 17.0 Å². The van der Waals surface area contributed by atoms with Gasteiger partial charge in [-0.25, -0.2) is 4.98 Å². The first kappa shape index (κ1) is 17.2. The van der Waals surface area contributed by atoms with Gasteiger partial charge >= 0.3 is 5.97 Å². The number of nitrogens with zero attached hydrogens (tertiary/aromatic N) is 3. The van der Waals surface area contributed by atoms with E-state index < -0.39 is 5.97 Å². The molecule has 0 N–H and O–H groups in total. The standard InChI is InChI=1S/C17H17N3O4S/c1-10-13(11(2)24-19-10)9-25-17-18-14-7-5-4-6-12(14)16(22)20(17)8-15(21)23-3/h4-7H,8-9H2,1-3H3. The van der Waals surface area contributed by atoms with Crippen molar-refractivity contribution in [2.45, 2.75) is 31.3 Å². The number of methoxy groups -OCH3 is 1. The molecule has 3 rings (SSSR count). The maximum atomic E-state index is 12.8. The second-order valence-corrected chi connectivity index (χ2v) is 6.41. The van der Waals surface area contributed by atoms with Crippen molar-refractivity contribution in [3.63, 3.8) is 0 Å². The van der Waals surface area contributed by atoms with E-state index in [4.69, 9.17) is 9.26 Å². The van der Waals surface area contributed by atoms with Gasteiger partial charge in [-0.1, -0.05) is 29.1 Å². The van der Waals surface area contributed by atoms with Crippen molar-refractivity contribution in [2.24, 2.45) is 0 Å². The Labute approximate surface area is 148 Å². The number of carbonyl (C=O) groups excluding carboxylic acids is 1. The molecule has 0 saturated carbocycles. The predicted octanol–water partition coefficient (Wildman–Crippen LogP) is 2.47. The topological polar surface area (TPSA) is 87.2 Å². The van der Waals surface area contributed by atoms with Gasteiger partial charge in [0.2, 0.25) is 0 Å². The molecule has 3 aromatic rings. The van der Waals surface area contributed by atoms with Gasteiger partial charge in [-0.05, 0) is 26.0 Å². The van der Waals surface area contributed by atoms with Crippen molar-refractivity contribution in [1.29, 1.82) is 0 Å². The second-order valence-electron chi connectivity index (χ2n) is 5.47. The molecule has 7 nitrogen and oxygen atoms in total. The first-order valence-corrected chi connectivity index (χ1v) is 8.60. The summed E-state index contributed by atoms with van der Waals surface area (Å²) in [7, 11) is 1.29. The fourth-order valence-corrected chi connectivity index (χ4v) is 3.59. The SMILES string of the molecule is COC(=O)Cn1c(SCc2c(C)noc2C)nc2ccccc2c1=O. The third-order valence-corrected chi connectivity index (χ3v) is 4.87. The number of fused-ring (bicyclic) bond motifs is 1. The Hall–Kier alpha value is -2.61. The van der Waals surface area contributed by atoms with E-state index in [-0.39, 0.29) is 12.1 Å². The van der Waals surface area contributed by atoms with Crippen molar-refractivity contribution >= 4 is 28.6 Å². The third-order valence-electron chi connectivity index (χ3n) is 3.87. The zero-order chi connectivity index (χ0) is 18.0. The van der Waals surface area contributed by atoms with Crippen molar-refractivity contribution in [1.82, 2.24) is 14.7 Å². The average Bonchev–Trinajstić information content (AvgIpc) is 2.94. The van der Waals surface area contributed by atoms with Crippen LogP contribution < -0.4 is 5.56 Å². The van der Waals surface area contributed by atoms with Crippen LogP contribution in [0.4, 0.5) is 0 Å². The molecule has 130 valence electrons. The van der Waals surface area contributed by atoms with Gasteiger partial charge in [0, 0.05) is 11.3 Å². The zero-order valence-electron chi connectivity index (χ0n) is 14.1. The molecule has 0 aliphatic carbocycles. The lowest BCUT2D eigenvalue weighted by atomic mass is 10.2. The highest BCUT2D eigenvalue weighted by Crippen LogP contribution is 2.25. The van der Waals surface area contributed by atoms with Gasteiger partial charge < -0.3 is 9.26 Å². The molecule has 0 radical (unpaired) electrons. The number of rotatable bonds is 5. The van der Waals surface area contributed by atoms with Crippen LogP contribution in [0, 0.1) is 13.8 Å². The number of esters is 1. The molecule has 0 fully saturated rings. The van der Waals surface area contributed by atoms with Crippen molar-refractivity contribution in [2.75, 3.05) is 7.11 Å². The molecule has 1 aromatic carbocycles. The largest absolute Gasteiger partial charge is 0.468 e. The van der Waals surface area contributed by atoms with E-state index in [1.165, 1.54) is 23.4 Å². The number of aromatic nitrogens is 3. The summed E-state index contributed by atoms with van der Waals surface area (Å²) in [6, 6.07) is 7.06. The van der Waals surface area contributed by atoms with E-state index in [2.05, 4.69) is 10.1 Å². The number of aryl methyl sites for hydroxylation is 2. The molecule has 2 aromatic heterocycles. The number of hydrogen-bond donors (Lipinski definition) is 0. The highest BCUT2D eigenvalue weighted by molar-refractivity contribution is 7.98. The number of ether oxygens (including phenoxy) is 1. The number of para-hydroxylation sites is 1. The van der Waals surface area contributed by atoms with Crippen molar-refractivity contribution in [3.05, 3.63) is 51.6 Å². The normalized spacial score (nSPS) is 11.0. The molecule has 2 heterocycles. The van der Waals surface area contributed by atoms with Crippen molar-refractivity contribution < 1.29 is 14.1 Å². The summed E-state index contributed by atoms with van der Waals surface area (Å²) in [4.78, 5) is 29.0. The quantitative estimate of drug-likeness (QED) is 0.393. The Morgan fingerprint density at radius 2 is 2.08 bits per heavy atom. The lowest BCUT2D eigenvalue weighted by Crippen LogP contribution is -2.27. The fourth-order valence-electron chi connectivity index (χ4n) is 2.44. The average molecular weight is 359 g/mol. The minimum atomic E-state index is -0.502. The molecule has 0 unspecified atom stereocenters. The van der Waals surface area contributed by atoms with Crippen LogP contribution in [-0.2, 0) is 21.8 Å². The van der Waals surface area contributed by atoms with Gasteiger partial charge in [-0.3, -0.25) is 14.2 Å². The van der Waals surface area contributed by atoms with Crippen molar-refractivity contribution in [3.8, 4) is 0 Å². The number of hydrogen-bond acceptors (Lipinski definition) is 7. The fraction of sp³-hybridized carbons (Fsp3) is 0.294. The van der Waals surface area contributed by atoms with E-state index in [1.807, 2.05) is 19.9 Å². The molecule has 0 atom stereocenters. The maximum Gasteiger partial charge on any atom is 0.325 e. The van der Waals surface area contributed by atoms with Gasteiger partial charge in [0.05, 0.1) is 23.7 Å². The van der Waals surface area contributed by atoms with E-state index in [0.29, 0.717) is 21.8 Å². The summed E-state index contributed by atoms with van der Waals surface area (Å²) in [5, 5.41) is 4.85. The summed E-state index contributed by atoms with van der Waals surface area (Å²) in [5.74, 6) is 0.763. The third kappa shape index (κ3) is 3.43. The molecule has 25 heavy (non-hydrogen) atoms. The Kier molecular flexibility index (Phi) is 4.89.